The second-order valence-corrected chi connectivity index (χ2v) is 24.6. The van der Waals surface area contributed by atoms with Crippen molar-refractivity contribution < 1.29 is 0 Å². The van der Waals surface area contributed by atoms with Crippen LogP contribution in [-0.4, -0.2) is 4.57 Å². The van der Waals surface area contributed by atoms with Crippen molar-refractivity contribution in [1.82, 2.24) is 4.57 Å². The molecule has 82 heavy (non-hydrogen) atoms. The van der Waals surface area contributed by atoms with E-state index in [9.17, 15) is 0 Å². The van der Waals surface area contributed by atoms with Gasteiger partial charge in [0.2, 0.25) is 0 Å². The number of nitrogens with zero attached hydrogens (tertiary/aromatic N) is 2. The van der Waals surface area contributed by atoms with Crippen LogP contribution >= 0.6 is 0 Å². The Morgan fingerprint density at radius 1 is 0.341 bits per heavy atom. The highest BCUT2D eigenvalue weighted by Gasteiger charge is 2.41. The molecular weight excluding hydrogens is 989 g/mol. The predicted molar refractivity (Wildman–Crippen MR) is 350 cm³/mol. The Labute approximate surface area is 483 Å². The predicted octanol–water partition coefficient (Wildman–Crippen LogP) is 22.0. The Bertz CT molecular complexity index is 4560. The number of aromatic nitrogens is 1. The third kappa shape index (κ3) is 8.39. The van der Waals surface area contributed by atoms with E-state index in [2.05, 4.69) is 331 Å². The summed E-state index contributed by atoms with van der Waals surface area (Å²) in [7, 11) is 0. The third-order valence-electron chi connectivity index (χ3n) is 17.6. The van der Waals surface area contributed by atoms with Crippen LogP contribution in [0.25, 0.3) is 93.9 Å². The lowest BCUT2D eigenvalue weighted by atomic mass is 9.74. The molecule has 2 nitrogen and oxygen atoms in total. The molecule has 2 heteroatoms. The number of fused-ring (bicyclic) bond motifs is 7. The first-order valence-corrected chi connectivity index (χ1v) is 29.0. The van der Waals surface area contributed by atoms with Crippen molar-refractivity contribution in [2.75, 3.05) is 4.90 Å². The van der Waals surface area contributed by atoms with Gasteiger partial charge in [-0.3, -0.25) is 0 Å². The fourth-order valence-corrected chi connectivity index (χ4v) is 13.3. The van der Waals surface area contributed by atoms with Crippen LogP contribution in [0.5, 0.6) is 0 Å². The van der Waals surface area contributed by atoms with Crippen molar-refractivity contribution in [3.63, 3.8) is 0 Å². The Morgan fingerprint density at radius 2 is 0.866 bits per heavy atom. The lowest BCUT2D eigenvalue weighted by molar-refractivity contribution is 0.569. The Balaban J connectivity index is 1.02. The van der Waals surface area contributed by atoms with Crippen LogP contribution in [0.4, 0.5) is 17.1 Å². The van der Waals surface area contributed by atoms with Gasteiger partial charge < -0.3 is 9.47 Å². The van der Waals surface area contributed by atoms with Crippen molar-refractivity contribution >= 4 is 49.6 Å². The zero-order valence-corrected chi connectivity index (χ0v) is 47.9. The number of rotatable bonds is 9. The summed E-state index contributed by atoms with van der Waals surface area (Å²) < 4.78 is 2.41. The van der Waals surface area contributed by atoms with E-state index in [1.54, 1.807) is 0 Å². The molecule has 12 aromatic carbocycles. The molecule has 0 N–H and O–H groups in total. The summed E-state index contributed by atoms with van der Waals surface area (Å²) in [4.78, 5) is 2.54. The maximum Gasteiger partial charge on any atom is 0.0547 e. The minimum Gasteiger partial charge on any atom is -0.309 e. The van der Waals surface area contributed by atoms with E-state index in [-0.39, 0.29) is 16.2 Å². The van der Waals surface area contributed by atoms with Gasteiger partial charge >= 0.3 is 0 Å². The lowest BCUT2D eigenvalue weighted by Crippen LogP contribution is -2.22. The summed E-state index contributed by atoms with van der Waals surface area (Å²) >= 11 is 0. The molecule has 1 unspecified atom stereocenters. The zero-order chi connectivity index (χ0) is 55.9. The van der Waals surface area contributed by atoms with E-state index in [0.717, 1.165) is 39.4 Å². The van der Waals surface area contributed by atoms with E-state index >= 15 is 0 Å². The van der Waals surface area contributed by atoms with Crippen molar-refractivity contribution in [3.8, 4) is 61.3 Å². The van der Waals surface area contributed by atoms with Crippen molar-refractivity contribution in [3.05, 3.63) is 301 Å². The normalized spacial score (nSPS) is 14.1. The molecule has 1 aromatic heterocycles. The Morgan fingerprint density at radius 3 is 1.59 bits per heavy atom. The number of anilines is 3. The summed E-state index contributed by atoms with van der Waals surface area (Å²) in [6.07, 6.45) is 0. The molecule has 1 heterocycles. The molecule has 0 amide bonds. The van der Waals surface area contributed by atoms with Gasteiger partial charge in [0.15, 0.2) is 0 Å². The fraction of sp³-hybridized carbons (Fsp3) is 0.125. The van der Waals surface area contributed by atoms with Crippen LogP contribution in [0.1, 0.15) is 76.3 Å². The smallest absolute Gasteiger partial charge is 0.0547 e. The molecule has 0 fully saturated rings. The van der Waals surface area contributed by atoms with Crippen molar-refractivity contribution in [2.45, 2.75) is 64.7 Å². The highest BCUT2D eigenvalue weighted by Crippen LogP contribution is 2.55. The highest BCUT2D eigenvalue weighted by atomic mass is 15.1. The van der Waals surface area contributed by atoms with E-state index in [4.69, 9.17) is 0 Å². The van der Waals surface area contributed by atoms with Gasteiger partial charge in [-0.2, -0.15) is 0 Å². The minimum atomic E-state index is -0.352. The fourth-order valence-electron chi connectivity index (χ4n) is 13.3. The molecule has 0 bridgehead atoms. The highest BCUT2D eigenvalue weighted by molar-refractivity contribution is 6.16. The van der Waals surface area contributed by atoms with Gasteiger partial charge in [0.25, 0.3) is 0 Å². The molecule has 0 aliphatic heterocycles. The summed E-state index contributed by atoms with van der Waals surface area (Å²) in [6.45, 7) is 16.4. The standard InChI is InChI=1S/C80H66N2/c1-78(2,3)58-48-56(49-59(52-58)79(4,5)6)64-38-23-26-53-27-24-40-68(76(53)64)67-36-16-20-43-73(67)82(61-33-22-28-54(50-61)63-39-25-45-75-77(63)69-37-17-21-44-74(69)81(75)60-31-12-9-13-32-60)72-42-19-15-34-62(72)55-46-47-66-65-35-14-18-41-70(65)80(7,71(66)51-55)57-29-10-8-11-30-57/h8-52H,1-7H3. The molecule has 0 radical (unpaired) electrons. The first kappa shape index (κ1) is 50.7. The second kappa shape index (κ2) is 19.6. The average Bonchev–Trinajstić information content (AvgIpc) is 2.24. The summed E-state index contributed by atoms with van der Waals surface area (Å²) in [5.41, 5.74) is 25.0. The molecule has 0 spiro atoms. The van der Waals surface area contributed by atoms with Crippen molar-refractivity contribution in [1.29, 1.82) is 0 Å². The third-order valence-corrected chi connectivity index (χ3v) is 17.6. The average molecular weight is 1060 g/mol. The number of para-hydroxylation sites is 4. The van der Waals surface area contributed by atoms with Crippen LogP contribution in [0.15, 0.2) is 273 Å². The maximum absolute atomic E-state index is 2.54. The molecule has 396 valence electrons. The largest absolute Gasteiger partial charge is 0.309 e. The molecule has 14 rings (SSSR count). The number of hydrogen-bond donors (Lipinski definition) is 0. The van der Waals surface area contributed by atoms with Gasteiger partial charge in [0.1, 0.15) is 0 Å². The molecule has 0 saturated heterocycles. The van der Waals surface area contributed by atoms with Crippen LogP contribution in [0.3, 0.4) is 0 Å². The van der Waals surface area contributed by atoms with E-state index in [1.165, 1.54) is 99.3 Å². The summed E-state index contributed by atoms with van der Waals surface area (Å²) in [6, 6.07) is 102. The number of benzene rings is 12. The SMILES string of the molecule is CC(C)(C)c1cc(-c2cccc3cccc(-c4ccccc4N(c4cccc(-c5cccc6c5c5ccccc5n6-c5ccccc5)c4)c4ccccc4-c4ccc5c(c4)C(C)(c4ccccc4)c4ccccc4-5)c23)cc(C(C)(C)C)c1. The Kier molecular flexibility index (Phi) is 12.1. The lowest BCUT2D eigenvalue weighted by Gasteiger charge is -2.31. The molecule has 1 atom stereocenters. The molecule has 1 aliphatic carbocycles. The Hall–Kier alpha value is -9.50. The number of hydrogen-bond acceptors (Lipinski definition) is 1. The topological polar surface area (TPSA) is 8.17 Å². The zero-order valence-electron chi connectivity index (χ0n) is 47.9. The molecule has 1 aliphatic rings. The maximum atomic E-state index is 2.54. The quantitative estimate of drug-likeness (QED) is 0.140. The van der Waals surface area contributed by atoms with Crippen LogP contribution in [-0.2, 0) is 16.2 Å². The molecular formula is C80H66N2. The van der Waals surface area contributed by atoms with E-state index in [0.29, 0.717) is 0 Å². The molecule has 13 aromatic rings. The summed E-state index contributed by atoms with van der Waals surface area (Å²) in [5.74, 6) is 0. The summed E-state index contributed by atoms with van der Waals surface area (Å²) in [5, 5.41) is 4.91. The van der Waals surface area contributed by atoms with Crippen LogP contribution in [0, 0.1) is 0 Å². The van der Waals surface area contributed by atoms with Gasteiger partial charge in [0.05, 0.1) is 22.4 Å². The molecule has 0 saturated carbocycles. The van der Waals surface area contributed by atoms with Gasteiger partial charge in [-0.25, -0.2) is 0 Å². The van der Waals surface area contributed by atoms with Gasteiger partial charge in [-0.05, 0) is 155 Å². The van der Waals surface area contributed by atoms with Crippen molar-refractivity contribution in [2.24, 2.45) is 0 Å². The first-order valence-electron chi connectivity index (χ1n) is 29.0. The van der Waals surface area contributed by atoms with E-state index < -0.39 is 0 Å². The van der Waals surface area contributed by atoms with Crippen LogP contribution < -0.4 is 4.90 Å². The van der Waals surface area contributed by atoms with Gasteiger partial charge in [-0.15, -0.1) is 0 Å². The van der Waals surface area contributed by atoms with Crippen LogP contribution in [0.2, 0.25) is 0 Å². The van der Waals surface area contributed by atoms with E-state index in [1.807, 2.05) is 0 Å². The first-order chi connectivity index (χ1) is 39.8. The monoisotopic (exact) mass is 1050 g/mol. The van der Waals surface area contributed by atoms with Gasteiger partial charge in [-0.1, -0.05) is 260 Å². The van der Waals surface area contributed by atoms with Gasteiger partial charge in [0, 0.05) is 38.7 Å². The second-order valence-electron chi connectivity index (χ2n) is 24.6. The minimum absolute atomic E-state index is 0.0358.